The van der Waals surface area contributed by atoms with E-state index in [0.29, 0.717) is 31.2 Å². The summed E-state index contributed by atoms with van der Waals surface area (Å²) in [5, 5.41) is 8.01. The second-order valence-corrected chi connectivity index (χ2v) is 6.33. The fraction of sp³-hybridized carbons (Fsp3) is 0.412. The minimum atomic E-state index is -4.53. The fourth-order valence-corrected chi connectivity index (χ4v) is 2.66. The van der Waals surface area contributed by atoms with Gasteiger partial charge in [-0.2, -0.15) is 13.2 Å². The summed E-state index contributed by atoms with van der Waals surface area (Å²) >= 11 is 0. The predicted octanol–water partition coefficient (Wildman–Crippen LogP) is 2.25. The first-order valence-corrected chi connectivity index (χ1v) is 8.24. The summed E-state index contributed by atoms with van der Waals surface area (Å²) in [4.78, 5) is 19.1. The van der Waals surface area contributed by atoms with Crippen molar-refractivity contribution in [2.75, 3.05) is 32.1 Å². The van der Waals surface area contributed by atoms with E-state index in [-0.39, 0.29) is 17.6 Å². The van der Waals surface area contributed by atoms with Gasteiger partial charge in [0.25, 0.3) is 5.91 Å². The number of halogens is 3. The van der Waals surface area contributed by atoms with E-state index in [1.807, 2.05) is 19.0 Å². The smallest absolute Gasteiger partial charge is 0.433 e. The SMILES string of the molecule is CN(C)c1ccc(OC2CCN(C(=O)c3ccc(C(F)(F)F)nc3)C2)nn1. The predicted molar refractivity (Wildman–Crippen MR) is 90.5 cm³/mol. The first-order valence-electron chi connectivity index (χ1n) is 8.24. The zero-order valence-electron chi connectivity index (χ0n) is 14.8. The van der Waals surface area contributed by atoms with Crippen LogP contribution in [0.2, 0.25) is 0 Å². The minimum Gasteiger partial charge on any atom is -0.471 e. The van der Waals surface area contributed by atoms with Crippen LogP contribution >= 0.6 is 0 Å². The molecule has 2 aromatic heterocycles. The number of amides is 1. The average molecular weight is 381 g/mol. The van der Waals surface area contributed by atoms with Crippen LogP contribution in [0.1, 0.15) is 22.5 Å². The van der Waals surface area contributed by atoms with E-state index in [1.54, 1.807) is 12.1 Å². The van der Waals surface area contributed by atoms with Crippen LogP contribution in [-0.4, -0.2) is 59.3 Å². The summed E-state index contributed by atoms with van der Waals surface area (Å²) in [6.07, 6.45) is -3.24. The van der Waals surface area contributed by atoms with Crippen LogP contribution in [0.15, 0.2) is 30.5 Å². The van der Waals surface area contributed by atoms with Gasteiger partial charge in [0.2, 0.25) is 5.88 Å². The third-order valence-electron chi connectivity index (χ3n) is 4.10. The third kappa shape index (κ3) is 4.44. The van der Waals surface area contributed by atoms with Crippen molar-refractivity contribution in [3.05, 3.63) is 41.7 Å². The molecule has 1 aliphatic rings. The van der Waals surface area contributed by atoms with Gasteiger partial charge in [0.15, 0.2) is 5.82 Å². The molecule has 10 heteroatoms. The quantitative estimate of drug-likeness (QED) is 0.809. The lowest BCUT2D eigenvalue weighted by Gasteiger charge is -2.17. The highest BCUT2D eigenvalue weighted by Gasteiger charge is 2.33. The van der Waals surface area contributed by atoms with Gasteiger partial charge in [-0.1, -0.05) is 0 Å². The maximum atomic E-state index is 12.6. The number of nitrogens with zero attached hydrogens (tertiary/aromatic N) is 5. The van der Waals surface area contributed by atoms with Crippen LogP contribution in [-0.2, 0) is 6.18 Å². The molecule has 1 fully saturated rings. The van der Waals surface area contributed by atoms with Crippen LogP contribution in [0.3, 0.4) is 0 Å². The van der Waals surface area contributed by atoms with E-state index in [1.165, 1.54) is 4.90 Å². The van der Waals surface area contributed by atoms with Crippen LogP contribution in [0, 0.1) is 0 Å². The molecule has 3 heterocycles. The number of anilines is 1. The third-order valence-corrected chi connectivity index (χ3v) is 4.10. The van der Waals surface area contributed by atoms with Crippen LogP contribution < -0.4 is 9.64 Å². The van der Waals surface area contributed by atoms with Crippen molar-refractivity contribution in [2.24, 2.45) is 0 Å². The Hall–Kier alpha value is -2.91. The van der Waals surface area contributed by atoms with Gasteiger partial charge >= 0.3 is 6.18 Å². The lowest BCUT2D eigenvalue weighted by molar-refractivity contribution is -0.141. The molecule has 1 saturated heterocycles. The normalized spacial score (nSPS) is 17.1. The zero-order valence-corrected chi connectivity index (χ0v) is 14.8. The summed E-state index contributed by atoms with van der Waals surface area (Å²) in [5.41, 5.74) is -0.916. The van der Waals surface area contributed by atoms with Crippen molar-refractivity contribution in [1.29, 1.82) is 0 Å². The summed E-state index contributed by atoms with van der Waals surface area (Å²) in [6.45, 7) is 0.755. The number of carbonyl (C=O) groups excluding carboxylic acids is 1. The Morgan fingerprint density at radius 2 is 2.00 bits per heavy atom. The van der Waals surface area contributed by atoms with E-state index in [9.17, 15) is 18.0 Å². The molecule has 0 N–H and O–H groups in total. The van der Waals surface area contributed by atoms with Crippen LogP contribution in [0.25, 0.3) is 0 Å². The van der Waals surface area contributed by atoms with Crippen molar-refractivity contribution >= 4 is 11.7 Å². The Kier molecular flexibility index (Phi) is 5.15. The number of ether oxygens (including phenoxy) is 1. The summed E-state index contributed by atoms with van der Waals surface area (Å²) in [6, 6.07) is 5.41. The number of hydrogen-bond donors (Lipinski definition) is 0. The number of hydrogen-bond acceptors (Lipinski definition) is 6. The standard InChI is InChI=1S/C17H18F3N5O2/c1-24(2)14-5-6-15(23-22-14)27-12-7-8-25(10-12)16(26)11-3-4-13(21-9-11)17(18,19)20/h3-6,9,12H,7-8,10H2,1-2H3. The second-order valence-electron chi connectivity index (χ2n) is 6.33. The molecule has 0 radical (unpaired) electrons. The first kappa shape index (κ1) is 18.9. The maximum Gasteiger partial charge on any atom is 0.433 e. The van der Waals surface area contributed by atoms with E-state index in [4.69, 9.17) is 4.74 Å². The minimum absolute atomic E-state index is 0.110. The molecule has 0 aliphatic carbocycles. The van der Waals surface area contributed by atoms with Gasteiger partial charge < -0.3 is 14.5 Å². The topological polar surface area (TPSA) is 71.5 Å². The van der Waals surface area contributed by atoms with Gasteiger partial charge in [-0.05, 0) is 18.2 Å². The van der Waals surface area contributed by atoms with Gasteiger partial charge in [0.05, 0.1) is 12.1 Å². The van der Waals surface area contributed by atoms with E-state index < -0.39 is 11.9 Å². The highest BCUT2D eigenvalue weighted by atomic mass is 19.4. The van der Waals surface area contributed by atoms with Crippen molar-refractivity contribution < 1.29 is 22.7 Å². The molecule has 0 bridgehead atoms. The zero-order chi connectivity index (χ0) is 19.6. The van der Waals surface area contributed by atoms with Crippen LogP contribution in [0.5, 0.6) is 5.88 Å². The molecule has 0 aromatic carbocycles. The molecule has 0 spiro atoms. The highest BCUT2D eigenvalue weighted by Crippen LogP contribution is 2.27. The second kappa shape index (κ2) is 7.37. The van der Waals surface area contributed by atoms with E-state index >= 15 is 0 Å². The molecule has 1 amide bonds. The molecule has 0 saturated carbocycles. The lowest BCUT2D eigenvalue weighted by atomic mass is 10.2. The Morgan fingerprint density at radius 3 is 2.56 bits per heavy atom. The Balaban J connectivity index is 1.59. The molecular formula is C17H18F3N5O2. The Morgan fingerprint density at radius 1 is 1.22 bits per heavy atom. The molecule has 1 unspecified atom stereocenters. The Labute approximate surface area is 153 Å². The van der Waals surface area contributed by atoms with Crippen molar-refractivity contribution in [3.63, 3.8) is 0 Å². The molecule has 2 aromatic rings. The monoisotopic (exact) mass is 381 g/mol. The van der Waals surface area contributed by atoms with Gasteiger partial charge in [-0.25, -0.2) is 0 Å². The molecular weight excluding hydrogens is 363 g/mol. The number of carbonyl (C=O) groups is 1. The summed E-state index contributed by atoms with van der Waals surface area (Å²) in [5.74, 6) is 0.674. The van der Waals surface area contributed by atoms with E-state index in [2.05, 4.69) is 15.2 Å². The van der Waals surface area contributed by atoms with Gasteiger partial charge in [0, 0.05) is 39.3 Å². The fourth-order valence-electron chi connectivity index (χ4n) is 2.66. The Bertz CT molecular complexity index is 794. The first-order chi connectivity index (χ1) is 12.7. The lowest BCUT2D eigenvalue weighted by Crippen LogP contribution is -2.31. The number of pyridine rings is 1. The number of alkyl halides is 3. The highest BCUT2D eigenvalue weighted by molar-refractivity contribution is 5.94. The van der Waals surface area contributed by atoms with Gasteiger partial charge in [-0.15, -0.1) is 10.2 Å². The molecule has 144 valence electrons. The summed E-state index contributed by atoms with van der Waals surface area (Å²) < 4.78 is 43.4. The summed E-state index contributed by atoms with van der Waals surface area (Å²) in [7, 11) is 3.70. The average Bonchev–Trinajstić information content (AvgIpc) is 3.09. The largest absolute Gasteiger partial charge is 0.471 e. The van der Waals surface area contributed by atoms with E-state index in [0.717, 1.165) is 18.3 Å². The van der Waals surface area contributed by atoms with Gasteiger partial charge in [0.1, 0.15) is 11.8 Å². The molecule has 3 rings (SSSR count). The van der Waals surface area contributed by atoms with Crippen LogP contribution in [0.4, 0.5) is 19.0 Å². The van der Waals surface area contributed by atoms with Crippen molar-refractivity contribution in [2.45, 2.75) is 18.7 Å². The molecule has 27 heavy (non-hydrogen) atoms. The van der Waals surface area contributed by atoms with Crippen molar-refractivity contribution in [3.8, 4) is 5.88 Å². The maximum absolute atomic E-state index is 12.6. The van der Waals surface area contributed by atoms with Crippen molar-refractivity contribution in [1.82, 2.24) is 20.1 Å². The molecule has 7 nitrogen and oxygen atoms in total. The van der Waals surface area contributed by atoms with Gasteiger partial charge in [-0.3, -0.25) is 9.78 Å². The number of aromatic nitrogens is 3. The molecule has 1 aliphatic heterocycles. The number of likely N-dealkylation sites (tertiary alicyclic amines) is 1. The molecule has 1 atom stereocenters. The number of rotatable bonds is 4.